The monoisotopic (exact) mass is 450 g/mol. The third-order valence-corrected chi connectivity index (χ3v) is 6.92. The highest BCUT2D eigenvalue weighted by Crippen LogP contribution is 2.32. The van der Waals surface area contributed by atoms with Crippen molar-refractivity contribution in [1.82, 2.24) is 19.7 Å². The number of nitrogens with zero attached hydrogens (tertiary/aromatic N) is 6. The Hall–Kier alpha value is -3.25. The summed E-state index contributed by atoms with van der Waals surface area (Å²) in [6.07, 6.45) is 2.95. The molecule has 4 rings (SSSR count). The highest BCUT2D eigenvalue weighted by atomic mass is 32.2. The zero-order valence-electron chi connectivity index (χ0n) is 18.5. The maximum atomic E-state index is 11.8. The molecule has 8 nitrogen and oxygen atoms in total. The van der Waals surface area contributed by atoms with Crippen LogP contribution >= 0.6 is 0 Å². The average molecular weight is 451 g/mol. The lowest BCUT2D eigenvalue weighted by Gasteiger charge is -2.36. The van der Waals surface area contributed by atoms with Gasteiger partial charge in [-0.2, -0.15) is 5.26 Å². The third kappa shape index (κ3) is 4.50. The number of pyridine rings is 1. The van der Waals surface area contributed by atoms with E-state index in [-0.39, 0.29) is 4.90 Å². The second-order valence-electron chi connectivity index (χ2n) is 8.69. The topological polar surface area (TPSA) is 105 Å². The van der Waals surface area contributed by atoms with Gasteiger partial charge in [-0.1, -0.05) is 18.2 Å². The molecule has 3 heterocycles. The van der Waals surface area contributed by atoms with Gasteiger partial charge in [0, 0.05) is 25.0 Å². The Labute approximate surface area is 188 Å². The molecule has 3 aromatic rings. The van der Waals surface area contributed by atoms with Gasteiger partial charge in [0.15, 0.2) is 15.7 Å². The molecule has 0 spiro atoms. The van der Waals surface area contributed by atoms with Crippen LogP contribution in [0.3, 0.4) is 0 Å². The van der Waals surface area contributed by atoms with Gasteiger partial charge in [-0.05, 0) is 56.5 Å². The van der Waals surface area contributed by atoms with Crippen LogP contribution in [0.4, 0.5) is 5.95 Å². The standard InChI is InChI=1S/C23H26N6O2S/c1-17-6-4-7-20(25-17)21-26-27-22(28-13-5-12-23(2,15-24)16-28)29(21)14-18-8-10-19(11-9-18)32(3,30)31/h4,6-11H,5,12-14,16H2,1-3H3. The normalized spacial score (nSPS) is 19.0. The molecule has 166 valence electrons. The van der Waals surface area contributed by atoms with Gasteiger partial charge in [-0.25, -0.2) is 13.4 Å². The van der Waals surface area contributed by atoms with E-state index in [9.17, 15) is 13.7 Å². The molecule has 32 heavy (non-hydrogen) atoms. The summed E-state index contributed by atoms with van der Waals surface area (Å²) in [6, 6.07) is 15.1. The van der Waals surface area contributed by atoms with Crippen LogP contribution < -0.4 is 4.90 Å². The van der Waals surface area contributed by atoms with Crippen molar-refractivity contribution >= 4 is 15.8 Å². The molecule has 0 amide bonds. The van der Waals surface area contributed by atoms with E-state index >= 15 is 0 Å². The van der Waals surface area contributed by atoms with Crippen molar-refractivity contribution in [2.24, 2.45) is 5.41 Å². The molecule has 1 aliphatic heterocycles. The fourth-order valence-electron chi connectivity index (χ4n) is 4.06. The third-order valence-electron chi connectivity index (χ3n) is 5.79. The number of hydrogen-bond acceptors (Lipinski definition) is 7. The molecule has 0 N–H and O–H groups in total. The summed E-state index contributed by atoms with van der Waals surface area (Å²) in [7, 11) is -3.26. The van der Waals surface area contributed by atoms with Crippen molar-refractivity contribution in [2.75, 3.05) is 24.2 Å². The van der Waals surface area contributed by atoms with Crippen molar-refractivity contribution in [2.45, 2.75) is 38.1 Å². The number of nitriles is 1. The number of piperidine rings is 1. The molecule has 2 aromatic heterocycles. The summed E-state index contributed by atoms with van der Waals surface area (Å²) in [5.74, 6) is 1.33. The fourth-order valence-corrected chi connectivity index (χ4v) is 4.69. The minimum Gasteiger partial charge on any atom is -0.339 e. The van der Waals surface area contributed by atoms with Gasteiger partial charge in [-0.3, -0.25) is 4.57 Å². The first-order valence-electron chi connectivity index (χ1n) is 10.5. The minimum atomic E-state index is -3.26. The Kier molecular flexibility index (Phi) is 5.73. The number of benzene rings is 1. The Morgan fingerprint density at radius 2 is 1.91 bits per heavy atom. The average Bonchev–Trinajstić information content (AvgIpc) is 3.17. The van der Waals surface area contributed by atoms with E-state index in [2.05, 4.69) is 26.2 Å². The van der Waals surface area contributed by atoms with Gasteiger partial charge in [0.1, 0.15) is 5.69 Å². The Morgan fingerprint density at radius 1 is 1.16 bits per heavy atom. The molecule has 0 saturated carbocycles. The molecular formula is C23H26N6O2S. The number of hydrogen-bond donors (Lipinski definition) is 0. The van der Waals surface area contributed by atoms with E-state index in [1.54, 1.807) is 12.1 Å². The first-order valence-corrected chi connectivity index (χ1v) is 12.4. The highest BCUT2D eigenvalue weighted by molar-refractivity contribution is 7.90. The van der Waals surface area contributed by atoms with Gasteiger partial charge in [0.25, 0.3) is 0 Å². The molecule has 1 unspecified atom stereocenters. The van der Waals surface area contributed by atoms with Gasteiger partial charge in [0.05, 0.1) is 22.9 Å². The lowest BCUT2D eigenvalue weighted by Crippen LogP contribution is -2.42. The van der Waals surface area contributed by atoms with Crippen LogP contribution in [0.15, 0.2) is 47.4 Å². The number of rotatable bonds is 5. The second kappa shape index (κ2) is 8.36. The minimum absolute atomic E-state index is 0.284. The van der Waals surface area contributed by atoms with Crippen LogP contribution in [0, 0.1) is 23.7 Å². The van der Waals surface area contributed by atoms with Crippen LogP contribution in [0.2, 0.25) is 0 Å². The van der Waals surface area contributed by atoms with Crippen molar-refractivity contribution in [3.05, 3.63) is 53.7 Å². The zero-order valence-corrected chi connectivity index (χ0v) is 19.3. The van der Waals surface area contributed by atoms with Crippen molar-refractivity contribution in [3.8, 4) is 17.6 Å². The number of aryl methyl sites for hydroxylation is 1. The number of anilines is 1. The summed E-state index contributed by atoms with van der Waals surface area (Å²) in [5, 5.41) is 18.6. The van der Waals surface area contributed by atoms with Crippen molar-refractivity contribution in [3.63, 3.8) is 0 Å². The largest absolute Gasteiger partial charge is 0.339 e. The molecule has 1 fully saturated rings. The summed E-state index contributed by atoms with van der Waals surface area (Å²) in [5.41, 5.74) is 2.09. The zero-order chi connectivity index (χ0) is 22.9. The van der Waals surface area contributed by atoms with Gasteiger partial charge in [-0.15, -0.1) is 10.2 Å². The van der Waals surface area contributed by atoms with Gasteiger partial charge >= 0.3 is 0 Å². The first kappa shape index (κ1) is 22.0. The van der Waals surface area contributed by atoms with E-state index in [0.717, 1.165) is 36.3 Å². The highest BCUT2D eigenvalue weighted by Gasteiger charge is 2.33. The van der Waals surface area contributed by atoms with Gasteiger partial charge < -0.3 is 4.90 Å². The van der Waals surface area contributed by atoms with Crippen molar-refractivity contribution in [1.29, 1.82) is 5.26 Å². The van der Waals surface area contributed by atoms with Crippen molar-refractivity contribution < 1.29 is 8.42 Å². The molecule has 1 aliphatic rings. The molecule has 1 aromatic carbocycles. The van der Waals surface area contributed by atoms with E-state index in [0.29, 0.717) is 24.9 Å². The quantitative estimate of drug-likeness (QED) is 0.588. The smallest absolute Gasteiger partial charge is 0.227 e. The number of aromatic nitrogens is 4. The van der Waals surface area contributed by atoms with E-state index in [1.165, 1.54) is 6.26 Å². The first-order chi connectivity index (χ1) is 15.2. The van der Waals surface area contributed by atoms with E-state index in [4.69, 9.17) is 0 Å². The van der Waals surface area contributed by atoms with Crippen LogP contribution in [0.1, 0.15) is 31.0 Å². The number of sulfone groups is 1. The Balaban J connectivity index is 1.76. The molecule has 1 atom stereocenters. The molecule has 1 saturated heterocycles. The van der Waals surface area contributed by atoms with E-state index < -0.39 is 15.3 Å². The Morgan fingerprint density at radius 3 is 2.56 bits per heavy atom. The fraction of sp³-hybridized carbons (Fsp3) is 0.391. The molecule has 0 bridgehead atoms. The SMILES string of the molecule is Cc1cccc(-c2nnc(N3CCCC(C)(C#N)C3)n2Cc2ccc(S(C)(=O)=O)cc2)n1. The molecule has 0 radical (unpaired) electrons. The Bertz CT molecular complexity index is 1280. The lowest BCUT2D eigenvalue weighted by molar-refractivity contribution is 0.345. The van der Waals surface area contributed by atoms with Crippen LogP contribution in [-0.2, 0) is 16.4 Å². The maximum absolute atomic E-state index is 11.8. The molecular weight excluding hydrogens is 424 g/mol. The summed E-state index contributed by atoms with van der Waals surface area (Å²) < 4.78 is 25.6. The summed E-state index contributed by atoms with van der Waals surface area (Å²) in [4.78, 5) is 7.02. The predicted molar refractivity (Wildman–Crippen MR) is 122 cm³/mol. The van der Waals surface area contributed by atoms with Crippen LogP contribution in [0.5, 0.6) is 0 Å². The van der Waals surface area contributed by atoms with Crippen LogP contribution in [0.25, 0.3) is 11.5 Å². The molecule has 0 aliphatic carbocycles. The summed E-state index contributed by atoms with van der Waals surface area (Å²) in [6.45, 7) is 5.74. The predicted octanol–water partition coefficient (Wildman–Crippen LogP) is 3.23. The molecule has 9 heteroatoms. The lowest BCUT2D eigenvalue weighted by atomic mass is 9.84. The van der Waals surface area contributed by atoms with E-state index in [1.807, 2.05) is 48.7 Å². The van der Waals surface area contributed by atoms with Gasteiger partial charge in [0.2, 0.25) is 5.95 Å². The van der Waals surface area contributed by atoms with Crippen LogP contribution in [-0.4, -0.2) is 47.5 Å². The maximum Gasteiger partial charge on any atom is 0.227 e. The second-order valence-corrected chi connectivity index (χ2v) is 10.7. The summed E-state index contributed by atoms with van der Waals surface area (Å²) >= 11 is 0.